The highest BCUT2D eigenvalue weighted by Crippen LogP contribution is 2.18. The Labute approximate surface area is 144 Å². The minimum Gasteiger partial charge on any atom is -0.341 e. The van der Waals surface area contributed by atoms with E-state index in [1.54, 1.807) is 18.6 Å². The summed E-state index contributed by atoms with van der Waals surface area (Å²) in [5.74, 6) is 0.0613. The third-order valence-electron chi connectivity index (χ3n) is 3.68. The molecule has 0 bridgehead atoms. The van der Waals surface area contributed by atoms with Crippen LogP contribution in [0, 0.1) is 0 Å². The van der Waals surface area contributed by atoms with Gasteiger partial charge in [0.15, 0.2) is 11.6 Å². The molecule has 0 fully saturated rings. The molecule has 0 unspecified atom stereocenters. The molecule has 0 saturated carbocycles. The van der Waals surface area contributed by atoms with Crippen LogP contribution in [0.15, 0.2) is 49.1 Å². The molecule has 5 nitrogen and oxygen atoms in total. The molecule has 0 saturated heterocycles. The normalized spacial score (nSPS) is 10.7. The van der Waals surface area contributed by atoms with Crippen LogP contribution in [0.3, 0.4) is 0 Å². The van der Waals surface area contributed by atoms with Crippen molar-refractivity contribution >= 4 is 22.9 Å². The number of hydrogen-bond acceptors (Lipinski definition) is 5. The molecule has 0 N–H and O–H groups in total. The summed E-state index contributed by atoms with van der Waals surface area (Å²) in [4.78, 5) is 33.1. The van der Waals surface area contributed by atoms with E-state index in [9.17, 15) is 9.59 Å². The molecule has 3 heterocycles. The molecular weight excluding hydrogens is 322 g/mol. The van der Waals surface area contributed by atoms with E-state index in [2.05, 4.69) is 9.97 Å². The number of thiazole rings is 1. The average molecular weight is 339 g/mol. The van der Waals surface area contributed by atoms with Crippen LogP contribution in [0.4, 0.5) is 0 Å². The zero-order valence-electron chi connectivity index (χ0n) is 13.3. The molecule has 0 aliphatic heterocycles. The molecule has 3 rings (SSSR count). The predicted octanol–water partition coefficient (Wildman–Crippen LogP) is 3.41. The Bertz CT molecular complexity index is 852. The summed E-state index contributed by atoms with van der Waals surface area (Å²) in [5.41, 5.74) is 1.73. The first-order chi connectivity index (χ1) is 11.7. The molecule has 3 aromatic rings. The van der Waals surface area contributed by atoms with Crippen molar-refractivity contribution in [2.45, 2.75) is 26.3 Å². The molecular formula is C18H17N3O2S. The lowest BCUT2D eigenvalue weighted by Crippen LogP contribution is -2.11. The number of Topliss-reactive ketones (excluding diaryl/α,β-unsaturated/α-hetero) is 2. The minimum absolute atomic E-state index is 0.00102. The molecule has 0 amide bonds. The second kappa shape index (κ2) is 7.31. The highest BCUT2D eigenvalue weighted by molar-refractivity contribution is 7.13. The molecule has 3 aromatic heterocycles. The van der Waals surface area contributed by atoms with Gasteiger partial charge in [0, 0.05) is 37.8 Å². The van der Waals surface area contributed by atoms with Crippen LogP contribution in [0.2, 0.25) is 0 Å². The van der Waals surface area contributed by atoms with E-state index in [4.69, 9.17) is 0 Å². The van der Waals surface area contributed by atoms with Crippen LogP contribution in [0.5, 0.6) is 0 Å². The molecule has 122 valence electrons. The SMILES string of the molecule is CCC(=O)c1cnc(CC(=O)c2cccn2Cc2ccncc2)s1. The Balaban J connectivity index is 1.73. The van der Waals surface area contributed by atoms with Crippen LogP contribution < -0.4 is 0 Å². The summed E-state index contributed by atoms with van der Waals surface area (Å²) < 4.78 is 1.92. The first-order valence-corrected chi connectivity index (χ1v) is 8.54. The van der Waals surface area contributed by atoms with Gasteiger partial charge in [-0.1, -0.05) is 6.92 Å². The Hall–Kier alpha value is -2.60. The fourth-order valence-corrected chi connectivity index (χ4v) is 3.34. The highest BCUT2D eigenvalue weighted by atomic mass is 32.1. The minimum atomic E-state index is -0.00102. The van der Waals surface area contributed by atoms with E-state index in [-0.39, 0.29) is 18.0 Å². The van der Waals surface area contributed by atoms with Crippen LogP contribution >= 0.6 is 11.3 Å². The van der Waals surface area contributed by atoms with Gasteiger partial charge in [0.2, 0.25) is 0 Å². The van der Waals surface area contributed by atoms with Gasteiger partial charge in [-0.2, -0.15) is 0 Å². The lowest BCUT2D eigenvalue weighted by molar-refractivity contribution is 0.0979. The monoisotopic (exact) mass is 339 g/mol. The van der Waals surface area contributed by atoms with E-state index in [0.29, 0.717) is 28.5 Å². The number of carbonyl (C=O) groups excluding carboxylic acids is 2. The topological polar surface area (TPSA) is 64.8 Å². The smallest absolute Gasteiger partial charge is 0.186 e. The Morgan fingerprint density at radius 1 is 1.17 bits per heavy atom. The standard InChI is InChI=1S/C18H17N3O2S/c1-2-15(22)17-11-20-18(24-17)10-16(23)14-4-3-9-21(14)12-13-5-7-19-8-6-13/h3-9,11H,2,10,12H2,1H3. The number of carbonyl (C=O) groups is 2. The van der Waals surface area contributed by atoms with E-state index >= 15 is 0 Å². The van der Waals surface area contributed by atoms with Gasteiger partial charge in [-0.3, -0.25) is 14.6 Å². The zero-order valence-corrected chi connectivity index (χ0v) is 14.1. The molecule has 0 radical (unpaired) electrons. The van der Waals surface area contributed by atoms with Crippen molar-refractivity contribution < 1.29 is 9.59 Å². The maximum absolute atomic E-state index is 12.6. The van der Waals surface area contributed by atoms with Gasteiger partial charge in [-0.25, -0.2) is 4.98 Å². The van der Waals surface area contributed by atoms with Crippen molar-refractivity contribution in [3.05, 3.63) is 70.2 Å². The predicted molar refractivity (Wildman–Crippen MR) is 92.5 cm³/mol. The number of pyridine rings is 1. The quantitative estimate of drug-likeness (QED) is 0.619. The van der Waals surface area contributed by atoms with Gasteiger partial charge >= 0.3 is 0 Å². The molecule has 6 heteroatoms. The first-order valence-electron chi connectivity index (χ1n) is 7.72. The van der Waals surface area contributed by atoms with Crippen molar-refractivity contribution in [3.63, 3.8) is 0 Å². The maximum atomic E-state index is 12.6. The van der Waals surface area contributed by atoms with Gasteiger partial charge < -0.3 is 4.57 Å². The summed E-state index contributed by atoms with van der Waals surface area (Å²) >= 11 is 1.30. The summed E-state index contributed by atoms with van der Waals surface area (Å²) in [7, 11) is 0. The third kappa shape index (κ3) is 3.65. The fourth-order valence-electron chi connectivity index (χ4n) is 2.41. The lowest BCUT2D eigenvalue weighted by Gasteiger charge is -2.08. The number of aromatic nitrogens is 3. The Morgan fingerprint density at radius 3 is 2.71 bits per heavy atom. The first kappa shape index (κ1) is 16.3. The Kier molecular flexibility index (Phi) is 4.96. The second-order valence-corrected chi connectivity index (χ2v) is 6.49. The summed E-state index contributed by atoms with van der Waals surface area (Å²) in [6.07, 6.45) is 7.59. The summed E-state index contributed by atoms with van der Waals surface area (Å²) in [6, 6.07) is 7.53. The van der Waals surface area contributed by atoms with Gasteiger partial charge in [0.1, 0.15) is 5.01 Å². The fraction of sp³-hybridized carbons (Fsp3) is 0.222. The van der Waals surface area contributed by atoms with E-state index < -0.39 is 0 Å². The van der Waals surface area contributed by atoms with Gasteiger partial charge in [0.05, 0.1) is 17.0 Å². The molecule has 0 aliphatic carbocycles. The average Bonchev–Trinajstić information content (AvgIpc) is 3.24. The summed E-state index contributed by atoms with van der Waals surface area (Å²) in [5, 5.41) is 0.675. The van der Waals surface area contributed by atoms with Crippen molar-refractivity contribution in [2.75, 3.05) is 0 Å². The van der Waals surface area contributed by atoms with E-state index in [1.807, 2.05) is 42.0 Å². The highest BCUT2D eigenvalue weighted by Gasteiger charge is 2.15. The number of hydrogen-bond donors (Lipinski definition) is 0. The Morgan fingerprint density at radius 2 is 1.96 bits per heavy atom. The van der Waals surface area contributed by atoms with Crippen LogP contribution in [0.1, 0.15) is 44.1 Å². The molecule has 0 atom stereocenters. The lowest BCUT2D eigenvalue weighted by atomic mass is 10.2. The van der Waals surface area contributed by atoms with Crippen LogP contribution in [-0.2, 0) is 13.0 Å². The summed E-state index contributed by atoms with van der Waals surface area (Å²) in [6.45, 7) is 2.44. The van der Waals surface area contributed by atoms with Crippen molar-refractivity contribution in [1.29, 1.82) is 0 Å². The molecule has 24 heavy (non-hydrogen) atoms. The largest absolute Gasteiger partial charge is 0.341 e. The van der Waals surface area contributed by atoms with Crippen LogP contribution in [-0.4, -0.2) is 26.1 Å². The maximum Gasteiger partial charge on any atom is 0.186 e. The van der Waals surface area contributed by atoms with Crippen molar-refractivity contribution in [3.8, 4) is 0 Å². The van der Waals surface area contributed by atoms with E-state index in [1.165, 1.54) is 11.3 Å². The van der Waals surface area contributed by atoms with Crippen LogP contribution in [0.25, 0.3) is 0 Å². The number of ketones is 2. The van der Waals surface area contributed by atoms with Crippen molar-refractivity contribution in [2.24, 2.45) is 0 Å². The molecule has 0 aliphatic rings. The molecule has 0 spiro atoms. The van der Waals surface area contributed by atoms with Gasteiger partial charge in [0.25, 0.3) is 0 Å². The van der Waals surface area contributed by atoms with Crippen molar-refractivity contribution in [1.82, 2.24) is 14.5 Å². The van der Waals surface area contributed by atoms with E-state index in [0.717, 1.165) is 5.56 Å². The number of rotatable bonds is 7. The van der Waals surface area contributed by atoms with Gasteiger partial charge in [-0.15, -0.1) is 11.3 Å². The molecule has 0 aromatic carbocycles. The second-order valence-electron chi connectivity index (χ2n) is 5.37. The third-order valence-corrected chi connectivity index (χ3v) is 4.72. The number of nitrogens with zero attached hydrogens (tertiary/aromatic N) is 3. The van der Waals surface area contributed by atoms with Gasteiger partial charge in [-0.05, 0) is 29.8 Å². The zero-order chi connectivity index (χ0) is 16.9.